The summed E-state index contributed by atoms with van der Waals surface area (Å²) in [5.41, 5.74) is 2.33. The normalized spacial score (nSPS) is 14.5. The number of amides is 3. The van der Waals surface area contributed by atoms with Crippen LogP contribution in [0.25, 0.3) is 0 Å². The monoisotopic (exact) mass is 462 g/mol. The molecule has 0 unspecified atom stereocenters. The van der Waals surface area contributed by atoms with E-state index in [0.29, 0.717) is 31.9 Å². The van der Waals surface area contributed by atoms with Crippen molar-refractivity contribution in [1.29, 1.82) is 0 Å². The number of rotatable bonds is 5. The molecule has 1 N–H and O–H groups in total. The zero-order valence-corrected chi connectivity index (χ0v) is 19.2. The van der Waals surface area contributed by atoms with Gasteiger partial charge in [0, 0.05) is 38.9 Å². The van der Waals surface area contributed by atoms with Crippen LogP contribution in [0.4, 0.5) is 14.9 Å². The van der Waals surface area contributed by atoms with Gasteiger partial charge >= 0.3 is 6.03 Å². The minimum absolute atomic E-state index is 0.151. The molecular weight excluding hydrogens is 435 g/mol. The molecule has 3 amide bonds. The molecule has 8 nitrogen and oxygen atoms in total. The van der Waals surface area contributed by atoms with Crippen molar-refractivity contribution < 1.29 is 22.4 Å². The van der Waals surface area contributed by atoms with Crippen molar-refractivity contribution in [3.8, 4) is 0 Å². The first kappa shape index (κ1) is 23.7. The van der Waals surface area contributed by atoms with Gasteiger partial charge in [0.05, 0.1) is 11.4 Å². The van der Waals surface area contributed by atoms with Crippen LogP contribution < -0.4 is 5.32 Å². The van der Waals surface area contributed by atoms with Crippen molar-refractivity contribution in [2.75, 3.05) is 45.1 Å². The Morgan fingerprint density at radius 2 is 1.56 bits per heavy atom. The van der Waals surface area contributed by atoms with Gasteiger partial charge in [-0.2, -0.15) is 4.31 Å². The van der Waals surface area contributed by atoms with Crippen LogP contribution in [0.2, 0.25) is 0 Å². The van der Waals surface area contributed by atoms with Crippen molar-refractivity contribution in [3.05, 3.63) is 59.4 Å². The van der Waals surface area contributed by atoms with Crippen LogP contribution in [0.5, 0.6) is 0 Å². The number of nitrogens with zero attached hydrogens (tertiary/aromatic N) is 3. The topological polar surface area (TPSA) is 90.0 Å². The minimum Gasteiger partial charge on any atom is -0.338 e. The van der Waals surface area contributed by atoms with Gasteiger partial charge < -0.3 is 15.1 Å². The molecule has 172 valence electrons. The van der Waals surface area contributed by atoms with Crippen molar-refractivity contribution in [2.45, 2.75) is 18.7 Å². The van der Waals surface area contributed by atoms with Crippen LogP contribution in [0, 0.1) is 19.7 Å². The summed E-state index contributed by atoms with van der Waals surface area (Å²) in [5.74, 6) is -0.710. The van der Waals surface area contributed by atoms with E-state index in [-0.39, 0.29) is 29.2 Å². The number of urea groups is 1. The smallest absolute Gasteiger partial charge is 0.321 e. The summed E-state index contributed by atoms with van der Waals surface area (Å²) in [4.78, 5) is 28.3. The van der Waals surface area contributed by atoms with E-state index < -0.39 is 10.0 Å². The summed E-state index contributed by atoms with van der Waals surface area (Å²) in [6.45, 7) is 4.68. The zero-order valence-electron chi connectivity index (χ0n) is 18.3. The van der Waals surface area contributed by atoms with Gasteiger partial charge in [-0.3, -0.25) is 4.79 Å². The molecule has 0 aromatic heterocycles. The van der Waals surface area contributed by atoms with E-state index in [1.54, 1.807) is 21.9 Å². The first-order chi connectivity index (χ1) is 15.1. The Morgan fingerprint density at radius 3 is 2.16 bits per heavy atom. The largest absolute Gasteiger partial charge is 0.338 e. The Morgan fingerprint density at radius 1 is 0.969 bits per heavy atom. The molecule has 0 saturated carbocycles. The third kappa shape index (κ3) is 5.43. The molecule has 0 spiro atoms. The van der Waals surface area contributed by atoms with Gasteiger partial charge in [0.25, 0.3) is 0 Å². The van der Waals surface area contributed by atoms with Gasteiger partial charge in [-0.15, -0.1) is 0 Å². The van der Waals surface area contributed by atoms with E-state index in [4.69, 9.17) is 0 Å². The number of halogens is 1. The summed E-state index contributed by atoms with van der Waals surface area (Å²) >= 11 is 0. The molecule has 1 heterocycles. The predicted octanol–water partition coefficient (Wildman–Crippen LogP) is 2.44. The summed E-state index contributed by atoms with van der Waals surface area (Å²) in [7, 11) is -2.41. The van der Waals surface area contributed by atoms with Crippen molar-refractivity contribution >= 4 is 27.6 Å². The Kier molecular flexibility index (Phi) is 7.15. The number of aryl methyl sites for hydroxylation is 2. The van der Waals surface area contributed by atoms with E-state index in [1.807, 2.05) is 13.8 Å². The molecule has 1 saturated heterocycles. The van der Waals surface area contributed by atoms with Crippen LogP contribution in [-0.2, 0) is 14.8 Å². The number of sulfonamides is 1. The summed E-state index contributed by atoms with van der Waals surface area (Å²) < 4.78 is 39.7. The van der Waals surface area contributed by atoms with Crippen LogP contribution in [-0.4, -0.2) is 74.2 Å². The van der Waals surface area contributed by atoms with E-state index in [9.17, 15) is 22.4 Å². The van der Waals surface area contributed by atoms with E-state index in [1.165, 1.54) is 37.4 Å². The lowest BCUT2D eigenvalue weighted by Gasteiger charge is -2.35. The maximum atomic E-state index is 13.0. The first-order valence-electron chi connectivity index (χ1n) is 10.2. The summed E-state index contributed by atoms with van der Waals surface area (Å²) in [5, 5.41) is 2.69. The SMILES string of the molecule is Cc1ccc(S(=O)(=O)N(C)CC(=O)N2CCN(C(=O)Nc3ccc(F)cc3)CC2)cc1C. The van der Waals surface area contributed by atoms with Gasteiger partial charge in [-0.05, 0) is 61.4 Å². The molecule has 0 aliphatic carbocycles. The number of benzene rings is 2. The van der Waals surface area contributed by atoms with Crippen LogP contribution in [0.3, 0.4) is 0 Å². The molecule has 0 atom stereocenters. The van der Waals surface area contributed by atoms with E-state index in [2.05, 4.69) is 5.32 Å². The average Bonchev–Trinajstić information content (AvgIpc) is 2.77. The standard InChI is InChI=1S/C22H27FN4O4S/c1-16-4-9-20(14-17(16)2)32(30,31)25(3)15-21(28)26-10-12-27(13-11-26)22(29)24-19-7-5-18(23)6-8-19/h4-9,14H,10-13,15H2,1-3H3,(H,24,29). The van der Waals surface area contributed by atoms with Crippen LogP contribution in [0.1, 0.15) is 11.1 Å². The fourth-order valence-electron chi connectivity index (χ4n) is 3.32. The molecule has 10 heteroatoms. The Hall–Kier alpha value is -2.98. The number of hydrogen-bond donors (Lipinski definition) is 1. The lowest BCUT2D eigenvalue weighted by molar-refractivity contribution is -0.132. The van der Waals surface area contributed by atoms with Crippen molar-refractivity contribution in [1.82, 2.24) is 14.1 Å². The summed E-state index contributed by atoms with van der Waals surface area (Å²) in [6.07, 6.45) is 0. The van der Waals surface area contributed by atoms with Gasteiger partial charge in [0.2, 0.25) is 15.9 Å². The van der Waals surface area contributed by atoms with E-state index in [0.717, 1.165) is 15.4 Å². The third-order valence-electron chi connectivity index (χ3n) is 5.56. The molecule has 2 aromatic rings. The quantitative estimate of drug-likeness (QED) is 0.739. The number of carbonyl (C=O) groups is 2. The van der Waals surface area contributed by atoms with E-state index >= 15 is 0 Å². The number of nitrogens with one attached hydrogen (secondary N) is 1. The Balaban J connectivity index is 1.54. The Bertz CT molecular complexity index is 1100. The van der Waals surface area contributed by atoms with Gasteiger partial charge in [-0.1, -0.05) is 6.07 Å². The second-order valence-corrected chi connectivity index (χ2v) is 9.86. The first-order valence-corrected chi connectivity index (χ1v) is 11.6. The maximum absolute atomic E-state index is 13.0. The van der Waals surface area contributed by atoms with Crippen molar-refractivity contribution in [3.63, 3.8) is 0 Å². The lowest BCUT2D eigenvalue weighted by Crippen LogP contribution is -2.53. The molecule has 1 aliphatic heterocycles. The second kappa shape index (κ2) is 9.66. The van der Waals surface area contributed by atoms with Crippen LogP contribution >= 0.6 is 0 Å². The van der Waals surface area contributed by atoms with Crippen molar-refractivity contribution in [2.24, 2.45) is 0 Å². The number of carbonyl (C=O) groups excluding carboxylic acids is 2. The molecule has 1 aliphatic rings. The molecule has 1 fully saturated rings. The summed E-state index contributed by atoms with van der Waals surface area (Å²) in [6, 6.07) is 10.0. The Labute approximate surface area is 187 Å². The lowest BCUT2D eigenvalue weighted by atomic mass is 10.1. The van der Waals surface area contributed by atoms with Gasteiger partial charge in [-0.25, -0.2) is 17.6 Å². The highest BCUT2D eigenvalue weighted by Gasteiger charge is 2.28. The van der Waals surface area contributed by atoms with Gasteiger partial charge in [0.15, 0.2) is 0 Å². The number of piperazine rings is 1. The fourth-order valence-corrected chi connectivity index (χ4v) is 4.53. The molecular formula is C22H27FN4O4S. The molecule has 3 rings (SSSR count). The van der Waals surface area contributed by atoms with Gasteiger partial charge in [0.1, 0.15) is 5.82 Å². The predicted molar refractivity (Wildman–Crippen MR) is 119 cm³/mol. The maximum Gasteiger partial charge on any atom is 0.321 e. The molecule has 0 radical (unpaired) electrons. The fraction of sp³-hybridized carbons (Fsp3) is 0.364. The second-order valence-electron chi connectivity index (χ2n) is 7.81. The zero-order chi connectivity index (χ0) is 23.5. The van der Waals surface area contributed by atoms with Crippen LogP contribution in [0.15, 0.2) is 47.4 Å². The highest BCUT2D eigenvalue weighted by Crippen LogP contribution is 2.18. The third-order valence-corrected chi connectivity index (χ3v) is 7.36. The molecule has 32 heavy (non-hydrogen) atoms. The number of likely N-dealkylation sites (N-methyl/N-ethyl adjacent to an activating group) is 1. The average molecular weight is 463 g/mol. The molecule has 2 aromatic carbocycles. The molecule has 0 bridgehead atoms. The minimum atomic E-state index is -3.79. The highest BCUT2D eigenvalue weighted by molar-refractivity contribution is 7.89. The number of hydrogen-bond acceptors (Lipinski definition) is 4. The number of anilines is 1. The highest BCUT2D eigenvalue weighted by atomic mass is 32.2.